The number of hydrogen-bond acceptors (Lipinski definition) is 5. The average molecular weight is 783 g/mol. The SMILES string of the molecule is CC/C=C\C/C=C\C/C=C\CCCCCCCC(=O)OCC(COCCCCCCCCCCCCCC)OC(=O)CCCCCCC/C=C\C/C=C\CCC. The summed E-state index contributed by atoms with van der Waals surface area (Å²) < 4.78 is 17.3. The van der Waals surface area contributed by atoms with Gasteiger partial charge >= 0.3 is 11.9 Å². The Morgan fingerprint density at radius 1 is 0.411 bits per heavy atom. The number of ether oxygens (including phenoxy) is 3. The molecule has 0 radical (unpaired) electrons. The Labute approximate surface area is 347 Å². The van der Waals surface area contributed by atoms with Crippen LogP contribution in [0.2, 0.25) is 0 Å². The molecule has 0 aromatic carbocycles. The van der Waals surface area contributed by atoms with Crippen molar-refractivity contribution in [2.45, 2.75) is 232 Å². The molecule has 0 rings (SSSR count). The molecule has 0 saturated carbocycles. The van der Waals surface area contributed by atoms with Crippen LogP contribution in [0.5, 0.6) is 0 Å². The quantitative estimate of drug-likeness (QED) is 0.0350. The van der Waals surface area contributed by atoms with Crippen LogP contribution in [0.4, 0.5) is 0 Å². The minimum Gasteiger partial charge on any atom is -0.462 e. The molecule has 0 N–H and O–H groups in total. The lowest BCUT2D eigenvalue weighted by atomic mass is 10.1. The van der Waals surface area contributed by atoms with Gasteiger partial charge in [0.25, 0.3) is 0 Å². The molecule has 0 aliphatic carbocycles. The van der Waals surface area contributed by atoms with Gasteiger partial charge in [0.2, 0.25) is 0 Å². The van der Waals surface area contributed by atoms with Crippen molar-refractivity contribution in [3.63, 3.8) is 0 Å². The van der Waals surface area contributed by atoms with Crippen molar-refractivity contribution < 1.29 is 23.8 Å². The van der Waals surface area contributed by atoms with E-state index in [0.29, 0.717) is 19.4 Å². The van der Waals surface area contributed by atoms with Gasteiger partial charge in [-0.2, -0.15) is 0 Å². The van der Waals surface area contributed by atoms with E-state index >= 15 is 0 Å². The van der Waals surface area contributed by atoms with Crippen LogP contribution in [0.3, 0.4) is 0 Å². The van der Waals surface area contributed by atoms with E-state index in [1.165, 1.54) is 103 Å². The van der Waals surface area contributed by atoms with Gasteiger partial charge in [-0.1, -0.05) is 197 Å². The first-order valence-corrected chi connectivity index (χ1v) is 23.8. The lowest BCUT2D eigenvalue weighted by Gasteiger charge is -2.18. The minimum absolute atomic E-state index is 0.0713. The highest BCUT2D eigenvalue weighted by Crippen LogP contribution is 2.14. The van der Waals surface area contributed by atoms with Crippen molar-refractivity contribution in [3.8, 4) is 0 Å². The van der Waals surface area contributed by atoms with E-state index in [4.69, 9.17) is 14.2 Å². The number of hydrogen-bond donors (Lipinski definition) is 0. The molecule has 0 fully saturated rings. The van der Waals surface area contributed by atoms with Crippen LogP contribution >= 0.6 is 0 Å². The number of esters is 2. The average Bonchev–Trinajstić information content (AvgIpc) is 3.20. The van der Waals surface area contributed by atoms with Crippen LogP contribution in [-0.2, 0) is 23.8 Å². The van der Waals surface area contributed by atoms with E-state index < -0.39 is 6.10 Å². The Morgan fingerprint density at radius 2 is 0.839 bits per heavy atom. The summed E-state index contributed by atoms with van der Waals surface area (Å²) in [6, 6.07) is 0. The van der Waals surface area contributed by atoms with E-state index in [0.717, 1.165) is 89.9 Å². The second-order valence-corrected chi connectivity index (χ2v) is 15.6. The second-order valence-electron chi connectivity index (χ2n) is 15.6. The Kier molecular flexibility index (Phi) is 45.0. The topological polar surface area (TPSA) is 61.8 Å². The molecule has 0 aromatic rings. The number of carbonyl (C=O) groups is 2. The summed E-state index contributed by atoms with van der Waals surface area (Å²) in [5, 5.41) is 0. The van der Waals surface area contributed by atoms with Gasteiger partial charge in [0.05, 0.1) is 6.61 Å². The summed E-state index contributed by atoms with van der Waals surface area (Å²) in [4.78, 5) is 25.3. The second kappa shape index (κ2) is 47.0. The maximum absolute atomic E-state index is 12.7. The molecular weight excluding hydrogens is 693 g/mol. The molecule has 0 spiro atoms. The molecule has 0 aromatic heterocycles. The Hall–Kier alpha value is -2.40. The molecule has 0 aliphatic heterocycles. The van der Waals surface area contributed by atoms with Crippen molar-refractivity contribution in [2.75, 3.05) is 19.8 Å². The van der Waals surface area contributed by atoms with Crippen molar-refractivity contribution in [1.82, 2.24) is 0 Å². The number of unbranched alkanes of at least 4 members (excludes halogenated alkanes) is 22. The molecule has 1 atom stereocenters. The number of allylic oxidation sites excluding steroid dienone is 10. The first kappa shape index (κ1) is 53.6. The van der Waals surface area contributed by atoms with E-state index in [-0.39, 0.29) is 25.2 Å². The molecular formula is C51H90O5. The third kappa shape index (κ3) is 44.3. The smallest absolute Gasteiger partial charge is 0.306 e. The highest BCUT2D eigenvalue weighted by molar-refractivity contribution is 5.70. The summed E-state index contributed by atoms with van der Waals surface area (Å²) in [6.45, 7) is 7.63. The number of rotatable bonds is 43. The van der Waals surface area contributed by atoms with E-state index in [1.54, 1.807) is 0 Å². The van der Waals surface area contributed by atoms with E-state index in [9.17, 15) is 9.59 Å². The van der Waals surface area contributed by atoms with Crippen LogP contribution in [0.1, 0.15) is 226 Å². The molecule has 5 heteroatoms. The van der Waals surface area contributed by atoms with Crippen molar-refractivity contribution in [2.24, 2.45) is 0 Å². The highest BCUT2D eigenvalue weighted by atomic mass is 16.6. The van der Waals surface area contributed by atoms with Crippen LogP contribution in [-0.4, -0.2) is 37.9 Å². The lowest BCUT2D eigenvalue weighted by molar-refractivity contribution is -0.163. The van der Waals surface area contributed by atoms with Crippen molar-refractivity contribution in [1.29, 1.82) is 0 Å². The van der Waals surface area contributed by atoms with Gasteiger partial charge in [-0.25, -0.2) is 0 Å². The summed E-state index contributed by atoms with van der Waals surface area (Å²) in [7, 11) is 0. The van der Waals surface area contributed by atoms with Crippen LogP contribution < -0.4 is 0 Å². The van der Waals surface area contributed by atoms with Crippen molar-refractivity contribution in [3.05, 3.63) is 60.8 Å². The molecule has 0 saturated heterocycles. The van der Waals surface area contributed by atoms with Crippen molar-refractivity contribution >= 4 is 11.9 Å². The van der Waals surface area contributed by atoms with Gasteiger partial charge in [0.15, 0.2) is 6.10 Å². The largest absolute Gasteiger partial charge is 0.462 e. The fraction of sp³-hybridized carbons (Fsp3) is 0.765. The Morgan fingerprint density at radius 3 is 1.36 bits per heavy atom. The first-order chi connectivity index (χ1) is 27.6. The van der Waals surface area contributed by atoms with E-state index in [2.05, 4.69) is 81.5 Å². The molecule has 5 nitrogen and oxygen atoms in total. The lowest BCUT2D eigenvalue weighted by Crippen LogP contribution is -2.30. The molecule has 0 bridgehead atoms. The molecule has 324 valence electrons. The summed E-state index contributed by atoms with van der Waals surface area (Å²) in [6.07, 6.45) is 57.9. The molecule has 0 aliphatic rings. The standard InChI is InChI=1S/C51H90O5/c1-4-7-10-13-16-19-22-25-26-28-29-32-35-38-41-44-50(52)55-48-49(47-54-46-43-40-37-34-31-24-21-18-15-12-9-6-3)56-51(53)45-42-39-36-33-30-27-23-20-17-14-11-8-5-2/h7,10-11,14,16,19-20,23,25-26,49H,4-6,8-9,12-13,15,17-18,21-22,24,27-48H2,1-3H3/b10-7-,14-11-,19-16-,23-20-,26-25-. The predicted octanol–water partition coefficient (Wildman–Crippen LogP) is 15.8. The summed E-state index contributed by atoms with van der Waals surface area (Å²) in [5.74, 6) is -0.429. The van der Waals surface area contributed by atoms with Crippen LogP contribution in [0, 0.1) is 0 Å². The van der Waals surface area contributed by atoms with Gasteiger partial charge in [0, 0.05) is 19.4 Å². The Bertz CT molecular complexity index is 977. The van der Waals surface area contributed by atoms with E-state index in [1.807, 2.05) is 0 Å². The Balaban J connectivity index is 4.30. The first-order valence-electron chi connectivity index (χ1n) is 23.8. The maximum Gasteiger partial charge on any atom is 0.306 e. The summed E-state index contributed by atoms with van der Waals surface area (Å²) in [5.41, 5.74) is 0. The molecule has 0 amide bonds. The fourth-order valence-electron chi connectivity index (χ4n) is 6.50. The molecule has 1 unspecified atom stereocenters. The third-order valence-corrected chi connectivity index (χ3v) is 10.0. The minimum atomic E-state index is -0.547. The monoisotopic (exact) mass is 783 g/mol. The highest BCUT2D eigenvalue weighted by Gasteiger charge is 2.17. The normalized spacial score (nSPS) is 12.7. The zero-order chi connectivity index (χ0) is 40.7. The predicted molar refractivity (Wildman–Crippen MR) is 242 cm³/mol. The van der Waals surface area contributed by atoms with Gasteiger partial charge in [0.1, 0.15) is 6.61 Å². The molecule has 56 heavy (non-hydrogen) atoms. The number of carbonyl (C=O) groups excluding carboxylic acids is 2. The van der Waals surface area contributed by atoms with Crippen LogP contribution in [0.15, 0.2) is 60.8 Å². The van der Waals surface area contributed by atoms with Gasteiger partial charge in [-0.15, -0.1) is 0 Å². The third-order valence-electron chi connectivity index (χ3n) is 10.0. The zero-order valence-electron chi connectivity index (χ0n) is 37.1. The fourth-order valence-corrected chi connectivity index (χ4v) is 6.50. The van der Waals surface area contributed by atoms with Gasteiger partial charge < -0.3 is 14.2 Å². The maximum atomic E-state index is 12.7. The molecule has 0 heterocycles. The van der Waals surface area contributed by atoms with Crippen LogP contribution in [0.25, 0.3) is 0 Å². The van der Waals surface area contributed by atoms with Gasteiger partial charge in [-0.05, 0) is 77.0 Å². The van der Waals surface area contributed by atoms with Gasteiger partial charge in [-0.3, -0.25) is 9.59 Å². The summed E-state index contributed by atoms with van der Waals surface area (Å²) >= 11 is 0. The zero-order valence-corrected chi connectivity index (χ0v) is 37.1.